The molecule has 0 aliphatic rings. The highest BCUT2D eigenvalue weighted by molar-refractivity contribution is 5.95. The van der Waals surface area contributed by atoms with Crippen molar-refractivity contribution < 1.29 is 34.2 Å². The third-order valence-corrected chi connectivity index (χ3v) is 5.39. The number of hydrogen-bond donors (Lipinski definition) is 7. The molecule has 4 unspecified atom stereocenters. The van der Waals surface area contributed by atoms with Gasteiger partial charge in [-0.1, -0.05) is 39.8 Å². The summed E-state index contributed by atoms with van der Waals surface area (Å²) in [5.41, 5.74) is 11.5. The second-order valence-corrected chi connectivity index (χ2v) is 9.46. The van der Waals surface area contributed by atoms with Crippen molar-refractivity contribution in [2.45, 2.75) is 71.1 Å². The number of nitrogens with two attached hydrogens (primary N) is 2. The van der Waals surface area contributed by atoms with Crippen LogP contribution >= 0.6 is 0 Å². The Kier molecular flexibility index (Phi) is 11.8. The molecule has 0 bridgehead atoms. The van der Waals surface area contributed by atoms with E-state index in [9.17, 15) is 34.2 Å². The number of nitrogens with one attached hydrogen (secondary N) is 3. The van der Waals surface area contributed by atoms with Crippen LogP contribution in [0.15, 0.2) is 24.3 Å². The Balaban J connectivity index is 3.18. The number of primary amides is 1. The van der Waals surface area contributed by atoms with Crippen molar-refractivity contribution in [3.8, 4) is 5.75 Å². The molecule has 4 amide bonds. The van der Waals surface area contributed by atoms with E-state index in [0.29, 0.717) is 5.56 Å². The van der Waals surface area contributed by atoms with Gasteiger partial charge in [0.1, 0.15) is 23.9 Å². The van der Waals surface area contributed by atoms with E-state index in [1.165, 1.54) is 24.3 Å². The highest BCUT2D eigenvalue weighted by Crippen LogP contribution is 2.13. The number of benzene rings is 1. The van der Waals surface area contributed by atoms with Gasteiger partial charge in [0.25, 0.3) is 0 Å². The Hall–Kier alpha value is -3.67. The highest BCUT2D eigenvalue weighted by atomic mass is 16.4. The smallest absolute Gasteiger partial charge is 0.326 e. The molecule has 0 heterocycles. The van der Waals surface area contributed by atoms with E-state index < -0.39 is 60.2 Å². The fourth-order valence-electron chi connectivity index (χ4n) is 3.30. The number of phenolic OH excluding ortho intramolecular Hbond substituents is 1. The summed E-state index contributed by atoms with van der Waals surface area (Å²) in [6.07, 6.45) is -0.440. The zero-order valence-corrected chi connectivity index (χ0v) is 21.0. The lowest BCUT2D eigenvalue weighted by atomic mass is 9.99. The fourth-order valence-corrected chi connectivity index (χ4v) is 3.30. The zero-order valence-electron chi connectivity index (χ0n) is 21.0. The molecular formula is C24H37N5O7. The van der Waals surface area contributed by atoms with Gasteiger partial charge < -0.3 is 37.6 Å². The predicted molar refractivity (Wildman–Crippen MR) is 131 cm³/mol. The predicted octanol–water partition coefficient (Wildman–Crippen LogP) is -0.621. The SMILES string of the molecule is CC(C)CC(NC(=O)C(N)C(C)C)C(=O)NC(Cc1ccc(O)cc1)C(=O)NC(CC(N)=O)C(=O)O. The Labute approximate surface area is 210 Å². The van der Waals surface area contributed by atoms with E-state index in [4.69, 9.17) is 11.5 Å². The number of carboxylic acid groups (broad SMARTS) is 1. The van der Waals surface area contributed by atoms with Gasteiger partial charge in [-0.15, -0.1) is 0 Å². The number of carbonyl (C=O) groups is 5. The summed E-state index contributed by atoms with van der Waals surface area (Å²) in [4.78, 5) is 61.4. The lowest BCUT2D eigenvalue weighted by Gasteiger charge is -2.26. The number of carbonyl (C=O) groups excluding carboxylic acids is 4. The number of rotatable bonds is 14. The third kappa shape index (κ3) is 10.3. The average molecular weight is 508 g/mol. The molecule has 0 spiro atoms. The number of carboxylic acids is 1. The molecule has 0 saturated carbocycles. The zero-order chi connectivity index (χ0) is 27.6. The van der Waals surface area contributed by atoms with E-state index in [-0.39, 0.29) is 30.4 Å². The van der Waals surface area contributed by atoms with Gasteiger partial charge in [-0.05, 0) is 36.0 Å². The lowest BCUT2D eigenvalue weighted by molar-refractivity contribution is -0.143. The van der Waals surface area contributed by atoms with E-state index >= 15 is 0 Å². The molecule has 1 aromatic carbocycles. The average Bonchev–Trinajstić information content (AvgIpc) is 2.77. The first-order valence-electron chi connectivity index (χ1n) is 11.7. The van der Waals surface area contributed by atoms with Crippen LogP contribution in [0, 0.1) is 11.8 Å². The van der Waals surface area contributed by atoms with Crippen molar-refractivity contribution in [3.05, 3.63) is 29.8 Å². The largest absolute Gasteiger partial charge is 0.508 e. The van der Waals surface area contributed by atoms with Gasteiger partial charge in [0, 0.05) is 6.42 Å². The number of aliphatic carboxylic acids is 1. The van der Waals surface area contributed by atoms with Crippen molar-refractivity contribution in [2.75, 3.05) is 0 Å². The monoisotopic (exact) mass is 507 g/mol. The molecule has 0 radical (unpaired) electrons. The van der Waals surface area contributed by atoms with Gasteiger partial charge in [0.05, 0.1) is 12.5 Å². The van der Waals surface area contributed by atoms with Crippen LogP contribution in [0.2, 0.25) is 0 Å². The molecule has 1 rings (SSSR count). The quantitative estimate of drug-likeness (QED) is 0.172. The van der Waals surface area contributed by atoms with E-state index in [1.807, 2.05) is 13.8 Å². The summed E-state index contributed by atoms with van der Waals surface area (Å²) in [5, 5.41) is 26.3. The maximum absolute atomic E-state index is 13.2. The van der Waals surface area contributed by atoms with Crippen molar-refractivity contribution in [1.29, 1.82) is 0 Å². The highest BCUT2D eigenvalue weighted by Gasteiger charge is 2.31. The molecule has 200 valence electrons. The maximum Gasteiger partial charge on any atom is 0.326 e. The molecule has 12 nitrogen and oxygen atoms in total. The van der Waals surface area contributed by atoms with Gasteiger partial charge in [-0.2, -0.15) is 0 Å². The van der Waals surface area contributed by atoms with E-state index in [2.05, 4.69) is 16.0 Å². The molecule has 0 saturated heterocycles. The van der Waals surface area contributed by atoms with Gasteiger partial charge in [0.2, 0.25) is 23.6 Å². The molecule has 12 heteroatoms. The summed E-state index contributed by atoms with van der Waals surface area (Å²) < 4.78 is 0. The van der Waals surface area contributed by atoms with Crippen LogP contribution in [0.5, 0.6) is 5.75 Å². The Morgan fingerprint density at radius 2 is 1.33 bits per heavy atom. The van der Waals surface area contributed by atoms with Crippen LogP contribution in [0.1, 0.15) is 46.1 Å². The van der Waals surface area contributed by atoms with E-state index in [0.717, 1.165) is 0 Å². The van der Waals surface area contributed by atoms with Gasteiger partial charge in [0.15, 0.2) is 0 Å². The molecule has 0 aromatic heterocycles. The Morgan fingerprint density at radius 3 is 1.81 bits per heavy atom. The summed E-state index contributed by atoms with van der Waals surface area (Å²) >= 11 is 0. The number of hydrogen-bond acceptors (Lipinski definition) is 7. The summed E-state index contributed by atoms with van der Waals surface area (Å²) in [6.45, 7) is 7.25. The Bertz CT molecular complexity index is 933. The first kappa shape index (κ1) is 30.4. The molecule has 0 aliphatic heterocycles. The van der Waals surface area contributed by atoms with Crippen LogP contribution < -0.4 is 27.4 Å². The number of aromatic hydroxyl groups is 1. The first-order valence-corrected chi connectivity index (χ1v) is 11.7. The second kappa shape index (κ2) is 14.0. The normalized spacial score (nSPS) is 14.4. The van der Waals surface area contributed by atoms with Crippen molar-refractivity contribution in [1.82, 2.24) is 16.0 Å². The van der Waals surface area contributed by atoms with Crippen LogP contribution in [-0.4, -0.2) is 64.0 Å². The Morgan fingerprint density at radius 1 is 0.833 bits per heavy atom. The summed E-state index contributed by atoms with van der Waals surface area (Å²) in [6, 6.07) is 1.17. The minimum atomic E-state index is -1.59. The molecule has 1 aromatic rings. The van der Waals surface area contributed by atoms with Crippen molar-refractivity contribution >= 4 is 29.6 Å². The first-order chi connectivity index (χ1) is 16.7. The maximum atomic E-state index is 13.2. The molecule has 36 heavy (non-hydrogen) atoms. The van der Waals surface area contributed by atoms with Gasteiger partial charge in [-0.25, -0.2) is 4.79 Å². The number of phenols is 1. The van der Waals surface area contributed by atoms with Gasteiger partial charge in [-0.3, -0.25) is 19.2 Å². The molecule has 0 fully saturated rings. The minimum Gasteiger partial charge on any atom is -0.508 e. The fraction of sp³-hybridized carbons (Fsp3) is 0.542. The molecule has 0 aliphatic carbocycles. The molecular weight excluding hydrogens is 470 g/mol. The van der Waals surface area contributed by atoms with Crippen LogP contribution in [0.3, 0.4) is 0 Å². The van der Waals surface area contributed by atoms with Crippen LogP contribution in [-0.2, 0) is 30.4 Å². The minimum absolute atomic E-state index is 0.00242. The second-order valence-electron chi connectivity index (χ2n) is 9.46. The van der Waals surface area contributed by atoms with Crippen LogP contribution in [0.25, 0.3) is 0 Å². The van der Waals surface area contributed by atoms with Crippen LogP contribution in [0.4, 0.5) is 0 Å². The number of amides is 4. The van der Waals surface area contributed by atoms with E-state index in [1.54, 1.807) is 13.8 Å². The standard InChI is InChI=1S/C24H37N5O7/c1-12(2)9-16(28-23(34)20(26)13(3)4)21(32)27-17(10-14-5-7-15(30)8-6-14)22(33)29-18(24(35)36)11-19(25)31/h5-8,12-13,16-18,20,30H,9-11,26H2,1-4H3,(H2,25,31)(H,27,32)(H,28,34)(H,29,33)(H,35,36). The summed E-state index contributed by atoms with van der Waals surface area (Å²) in [5.74, 6) is -4.60. The lowest BCUT2D eigenvalue weighted by Crippen LogP contribution is -2.58. The van der Waals surface area contributed by atoms with Crippen molar-refractivity contribution in [3.63, 3.8) is 0 Å². The molecule has 4 atom stereocenters. The third-order valence-electron chi connectivity index (χ3n) is 5.39. The molecule has 9 N–H and O–H groups in total. The van der Waals surface area contributed by atoms with Gasteiger partial charge >= 0.3 is 5.97 Å². The summed E-state index contributed by atoms with van der Waals surface area (Å²) in [7, 11) is 0. The topological polar surface area (TPSA) is 214 Å². The van der Waals surface area contributed by atoms with Crippen molar-refractivity contribution in [2.24, 2.45) is 23.3 Å².